The van der Waals surface area contributed by atoms with Crippen LogP contribution in [0.3, 0.4) is 0 Å². The number of carbonyl (C=O) groups is 1. The number of benzene rings is 2. The summed E-state index contributed by atoms with van der Waals surface area (Å²) < 4.78 is 11.0. The number of ether oxygens (including phenoxy) is 2. The lowest BCUT2D eigenvalue weighted by atomic mass is 10.1. The average Bonchev–Trinajstić information content (AvgIpc) is 2.96. The molecule has 4 rings (SSSR count). The minimum Gasteiger partial charge on any atom is -0.488 e. The molecule has 0 unspecified atom stereocenters. The summed E-state index contributed by atoms with van der Waals surface area (Å²) in [5, 5.41) is 0. The molecule has 4 nitrogen and oxygen atoms in total. The highest BCUT2D eigenvalue weighted by Gasteiger charge is 2.25. The van der Waals surface area contributed by atoms with Gasteiger partial charge in [0.05, 0.1) is 0 Å². The van der Waals surface area contributed by atoms with Crippen molar-refractivity contribution in [3.63, 3.8) is 0 Å². The van der Waals surface area contributed by atoms with Gasteiger partial charge in [-0.15, -0.1) is 0 Å². The molecule has 0 spiro atoms. The van der Waals surface area contributed by atoms with Crippen molar-refractivity contribution in [3.8, 4) is 5.75 Å². The van der Waals surface area contributed by atoms with Gasteiger partial charge in [-0.1, -0.05) is 35.9 Å². The maximum atomic E-state index is 12.1. The summed E-state index contributed by atoms with van der Waals surface area (Å²) in [6.45, 7) is 2.39. The fraction of sp³-hybridized carbons (Fsp3) is 0.100. The highest BCUT2D eigenvalue weighted by molar-refractivity contribution is 6.11. The summed E-state index contributed by atoms with van der Waals surface area (Å²) in [7, 11) is 0. The van der Waals surface area contributed by atoms with Crippen molar-refractivity contribution in [1.82, 2.24) is 0 Å². The predicted molar refractivity (Wildman–Crippen MR) is 91.8 cm³/mol. The predicted octanol–water partition coefficient (Wildman–Crippen LogP) is 3.66. The van der Waals surface area contributed by atoms with Gasteiger partial charge >= 0.3 is 5.97 Å². The number of rotatable bonds is 2. The van der Waals surface area contributed by atoms with Crippen molar-refractivity contribution in [2.75, 3.05) is 6.61 Å². The van der Waals surface area contributed by atoms with Crippen LogP contribution in [0.15, 0.2) is 70.9 Å². The average molecular weight is 317 g/mol. The van der Waals surface area contributed by atoms with E-state index in [1.807, 2.05) is 61.5 Å². The van der Waals surface area contributed by atoms with Gasteiger partial charge in [-0.05, 0) is 42.8 Å². The molecule has 0 amide bonds. The fourth-order valence-corrected chi connectivity index (χ4v) is 2.70. The second-order valence-electron chi connectivity index (χ2n) is 5.75. The summed E-state index contributed by atoms with van der Waals surface area (Å²) >= 11 is 0. The number of carbonyl (C=O) groups excluding carboxylic acids is 1. The molecule has 2 aromatic rings. The Bertz CT molecular complexity index is 922. The molecule has 0 aromatic heterocycles. The molecule has 0 fully saturated rings. The molecule has 118 valence electrons. The van der Waals surface area contributed by atoms with E-state index < -0.39 is 5.97 Å². The molecule has 2 heterocycles. The van der Waals surface area contributed by atoms with E-state index in [1.54, 1.807) is 6.08 Å². The van der Waals surface area contributed by atoms with Gasteiger partial charge in [0.15, 0.2) is 5.70 Å². The van der Waals surface area contributed by atoms with Crippen LogP contribution in [0.25, 0.3) is 6.08 Å². The zero-order chi connectivity index (χ0) is 16.5. The second-order valence-corrected chi connectivity index (χ2v) is 5.75. The topological polar surface area (TPSA) is 47.9 Å². The summed E-state index contributed by atoms with van der Waals surface area (Å²) in [6, 6.07) is 15.5. The largest absolute Gasteiger partial charge is 0.488 e. The minimum absolute atomic E-state index is 0.292. The van der Waals surface area contributed by atoms with Crippen LogP contribution in [-0.4, -0.2) is 18.5 Å². The Morgan fingerprint density at radius 3 is 2.88 bits per heavy atom. The SMILES string of the molecule is Cc1cccc(C2=N/C(=C/C3=Cc4ccccc4OC3)C(=O)O2)c1. The molecular formula is C20H15NO3. The van der Waals surface area contributed by atoms with E-state index in [0.717, 1.165) is 28.0 Å². The van der Waals surface area contributed by atoms with E-state index in [4.69, 9.17) is 9.47 Å². The Hall–Kier alpha value is -3.14. The monoisotopic (exact) mass is 317 g/mol. The molecule has 2 aliphatic heterocycles. The van der Waals surface area contributed by atoms with Crippen LogP contribution in [0, 0.1) is 6.92 Å². The lowest BCUT2D eigenvalue weighted by molar-refractivity contribution is -0.130. The Morgan fingerprint density at radius 1 is 1.12 bits per heavy atom. The van der Waals surface area contributed by atoms with E-state index in [9.17, 15) is 4.79 Å². The molecule has 0 bridgehead atoms. The van der Waals surface area contributed by atoms with Crippen LogP contribution < -0.4 is 4.74 Å². The molecule has 0 saturated carbocycles. The Labute approximate surface area is 139 Å². The maximum Gasteiger partial charge on any atom is 0.363 e. The van der Waals surface area contributed by atoms with Gasteiger partial charge in [0, 0.05) is 11.1 Å². The number of nitrogens with zero attached hydrogens (tertiary/aromatic N) is 1. The van der Waals surface area contributed by atoms with E-state index in [2.05, 4.69) is 4.99 Å². The zero-order valence-corrected chi connectivity index (χ0v) is 13.2. The van der Waals surface area contributed by atoms with Crippen LogP contribution in [0.1, 0.15) is 16.7 Å². The molecule has 0 atom stereocenters. The van der Waals surface area contributed by atoms with Crippen molar-refractivity contribution in [1.29, 1.82) is 0 Å². The maximum absolute atomic E-state index is 12.1. The standard InChI is InChI=1S/C20H15NO3/c1-13-5-4-7-16(9-13)19-21-17(20(22)24-19)11-14-10-15-6-2-3-8-18(15)23-12-14/h2-11H,12H2,1H3/b17-11+. The molecule has 0 N–H and O–H groups in total. The molecule has 24 heavy (non-hydrogen) atoms. The van der Waals surface area contributed by atoms with Gasteiger partial charge in [0.2, 0.25) is 5.90 Å². The first-order chi connectivity index (χ1) is 11.7. The number of hydrogen-bond donors (Lipinski definition) is 0. The third kappa shape index (κ3) is 2.74. The highest BCUT2D eigenvalue weighted by atomic mass is 16.6. The first kappa shape index (κ1) is 14.5. The summed E-state index contributed by atoms with van der Waals surface area (Å²) in [5.41, 5.74) is 4.05. The fourth-order valence-electron chi connectivity index (χ4n) is 2.70. The number of fused-ring (bicyclic) bond motifs is 1. The van der Waals surface area contributed by atoms with Crippen LogP contribution >= 0.6 is 0 Å². The van der Waals surface area contributed by atoms with E-state index in [-0.39, 0.29) is 0 Å². The van der Waals surface area contributed by atoms with Crippen LogP contribution in [-0.2, 0) is 9.53 Å². The molecule has 4 heteroatoms. The number of para-hydroxylation sites is 1. The van der Waals surface area contributed by atoms with Crippen molar-refractivity contribution in [2.24, 2.45) is 4.99 Å². The van der Waals surface area contributed by atoms with Gasteiger partial charge in [0.25, 0.3) is 0 Å². The van der Waals surface area contributed by atoms with Gasteiger partial charge < -0.3 is 9.47 Å². The van der Waals surface area contributed by atoms with Gasteiger partial charge in [-0.25, -0.2) is 9.79 Å². The minimum atomic E-state index is -0.439. The van der Waals surface area contributed by atoms with Crippen LogP contribution in [0.4, 0.5) is 0 Å². The molecule has 0 radical (unpaired) electrons. The van der Waals surface area contributed by atoms with E-state index in [0.29, 0.717) is 18.2 Å². The van der Waals surface area contributed by atoms with Crippen molar-refractivity contribution < 1.29 is 14.3 Å². The normalized spacial score (nSPS) is 17.7. The van der Waals surface area contributed by atoms with Crippen LogP contribution in [0.5, 0.6) is 5.75 Å². The summed E-state index contributed by atoms with van der Waals surface area (Å²) in [5.74, 6) is 0.747. The smallest absolute Gasteiger partial charge is 0.363 e. The third-order valence-corrected chi connectivity index (χ3v) is 3.86. The van der Waals surface area contributed by atoms with Gasteiger partial charge in [-0.2, -0.15) is 0 Å². The molecular weight excluding hydrogens is 302 g/mol. The van der Waals surface area contributed by atoms with E-state index in [1.165, 1.54) is 0 Å². The lowest BCUT2D eigenvalue weighted by Crippen LogP contribution is -2.08. The number of aliphatic imine (C=N–C) groups is 1. The number of cyclic esters (lactones) is 1. The highest BCUT2D eigenvalue weighted by Crippen LogP contribution is 2.27. The second kappa shape index (κ2) is 5.81. The Balaban J connectivity index is 1.66. The van der Waals surface area contributed by atoms with Crippen LogP contribution in [0.2, 0.25) is 0 Å². The first-order valence-corrected chi connectivity index (χ1v) is 7.71. The first-order valence-electron chi connectivity index (χ1n) is 7.71. The quantitative estimate of drug-likeness (QED) is 0.627. The molecule has 0 aliphatic carbocycles. The third-order valence-electron chi connectivity index (χ3n) is 3.86. The Kier molecular flexibility index (Phi) is 3.50. The van der Waals surface area contributed by atoms with E-state index >= 15 is 0 Å². The molecule has 2 aromatic carbocycles. The zero-order valence-electron chi connectivity index (χ0n) is 13.2. The summed E-state index contributed by atoms with van der Waals surface area (Å²) in [6.07, 6.45) is 3.72. The lowest BCUT2D eigenvalue weighted by Gasteiger charge is -2.15. The van der Waals surface area contributed by atoms with Crippen molar-refractivity contribution in [3.05, 3.63) is 82.6 Å². The van der Waals surface area contributed by atoms with Gasteiger partial charge in [0.1, 0.15) is 12.4 Å². The van der Waals surface area contributed by atoms with Gasteiger partial charge in [-0.3, -0.25) is 0 Å². The Morgan fingerprint density at radius 2 is 2.00 bits per heavy atom. The molecule has 0 saturated heterocycles. The van der Waals surface area contributed by atoms with Crippen molar-refractivity contribution >= 4 is 17.9 Å². The summed E-state index contributed by atoms with van der Waals surface area (Å²) in [4.78, 5) is 16.4. The number of aryl methyl sites for hydroxylation is 1. The number of hydrogen-bond acceptors (Lipinski definition) is 4. The van der Waals surface area contributed by atoms with Crippen molar-refractivity contribution in [2.45, 2.75) is 6.92 Å². The molecule has 2 aliphatic rings. The number of esters is 1.